The summed E-state index contributed by atoms with van der Waals surface area (Å²) in [6, 6.07) is 12.8. The summed E-state index contributed by atoms with van der Waals surface area (Å²) < 4.78 is 13.5. The van der Waals surface area contributed by atoms with Crippen LogP contribution in [-0.2, 0) is 6.42 Å². The predicted molar refractivity (Wildman–Crippen MR) is 74.2 cm³/mol. The maximum absolute atomic E-state index is 13.5. The Morgan fingerprint density at radius 2 is 1.94 bits per heavy atom. The van der Waals surface area contributed by atoms with Crippen molar-refractivity contribution in [2.45, 2.75) is 19.4 Å². The van der Waals surface area contributed by atoms with Gasteiger partial charge in [0.05, 0.1) is 5.02 Å². The van der Waals surface area contributed by atoms with E-state index in [0.717, 1.165) is 23.1 Å². The summed E-state index contributed by atoms with van der Waals surface area (Å²) in [5.74, 6) is -0.398. The van der Waals surface area contributed by atoms with Crippen molar-refractivity contribution in [1.29, 1.82) is 0 Å². The van der Waals surface area contributed by atoms with Gasteiger partial charge in [-0.15, -0.1) is 0 Å². The molecule has 94 valence electrons. The Balaban J connectivity index is 2.46. The molecule has 0 fully saturated rings. The third-order valence-electron chi connectivity index (χ3n) is 2.79. The lowest BCUT2D eigenvalue weighted by molar-refractivity contribution is 0.629. The van der Waals surface area contributed by atoms with Crippen molar-refractivity contribution in [2.75, 3.05) is 0 Å². The summed E-state index contributed by atoms with van der Waals surface area (Å²) in [7, 11) is 0. The van der Waals surface area contributed by atoms with Gasteiger partial charge in [0.25, 0.3) is 0 Å². The third kappa shape index (κ3) is 2.89. The summed E-state index contributed by atoms with van der Waals surface area (Å²) in [6.07, 6.45) is 0.764. The molecule has 3 heteroatoms. The SMILES string of the molecule is CC(N)Cc1ccccc1-c1ccc(Cl)c(F)c1. The van der Waals surface area contributed by atoms with Crippen LogP contribution in [0.4, 0.5) is 4.39 Å². The van der Waals surface area contributed by atoms with Gasteiger partial charge in [0.1, 0.15) is 5.82 Å². The Hall–Kier alpha value is -1.38. The molecule has 2 aromatic carbocycles. The summed E-state index contributed by atoms with van der Waals surface area (Å²) in [5.41, 5.74) is 8.78. The molecule has 2 N–H and O–H groups in total. The molecule has 0 spiro atoms. The minimum absolute atomic E-state index is 0.0725. The molecule has 0 bridgehead atoms. The van der Waals surface area contributed by atoms with Gasteiger partial charge in [0.2, 0.25) is 0 Å². The lowest BCUT2D eigenvalue weighted by atomic mass is 9.96. The summed E-state index contributed by atoms with van der Waals surface area (Å²) >= 11 is 5.70. The number of hydrogen-bond acceptors (Lipinski definition) is 1. The van der Waals surface area contributed by atoms with Gasteiger partial charge in [-0.3, -0.25) is 0 Å². The van der Waals surface area contributed by atoms with Crippen LogP contribution in [-0.4, -0.2) is 6.04 Å². The highest BCUT2D eigenvalue weighted by atomic mass is 35.5. The fourth-order valence-corrected chi connectivity index (χ4v) is 2.11. The number of halogens is 2. The molecule has 1 atom stereocenters. The van der Waals surface area contributed by atoms with Crippen molar-refractivity contribution >= 4 is 11.6 Å². The molecule has 2 rings (SSSR count). The summed E-state index contributed by atoms with van der Waals surface area (Å²) in [5, 5.41) is 0.142. The van der Waals surface area contributed by atoms with Crippen LogP contribution in [0.5, 0.6) is 0 Å². The smallest absolute Gasteiger partial charge is 0.142 e. The molecule has 0 aliphatic carbocycles. The third-order valence-corrected chi connectivity index (χ3v) is 3.10. The predicted octanol–water partition coefficient (Wildman–Crippen LogP) is 4.04. The average Bonchev–Trinajstić information content (AvgIpc) is 2.33. The second-order valence-electron chi connectivity index (χ2n) is 4.47. The Bertz CT molecular complexity index is 552. The summed E-state index contributed by atoms with van der Waals surface area (Å²) in [4.78, 5) is 0. The first kappa shape index (κ1) is 13.1. The van der Waals surface area contributed by atoms with E-state index in [0.29, 0.717) is 0 Å². The molecule has 0 aromatic heterocycles. The van der Waals surface area contributed by atoms with Gasteiger partial charge in [-0.1, -0.05) is 41.9 Å². The van der Waals surface area contributed by atoms with E-state index in [1.807, 2.05) is 37.3 Å². The highest BCUT2D eigenvalue weighted by Crippen LogP contribution is 2.27. The molecule has 0 heterocycles. The molecule has 0 saturated heterocycles. The Labute approximate surface area is 111 Å². The van der Waals surface area contributed by atoms with E-state index in [2.05, 4.69) is 0 Å². The number of nitrogens with two attached hydrogens (primary N) is 1. The first-order valence-corrected chi connectivity index (χ1v) is 6.24. The standard InChI is InChI=1S/C15H15ClFN/c1-10(18)8-11-4-2-3-5-13(11)12-6-7-14(16)15(17)9-12/h2-7,9-10H,8,18H2,1H3. The Morgan fingerprint density at radius 3 is 2.61 bits per heavy atom. The van der Waals surface area contributed by atoms with Gasteiger partial charge in [0, 0.05) is 6.04 Å². The molecule has 2 aromatic rings. The molecule has 0 radical (unpaired) electrons. The van der Waals surface area contributed by atoms with Gasteiger partial charge < -0.3 is 5.73 Å². The maximum atomic E-state index is 13.5. The van der Waals surface area contributed by atoms with Crippen LogP contribution in [0.15, 0.2) is 42.5 Å². The van der Waals surface area contributed by atoms with Gasteiger partial charge in [-0.25, -0.2) is 4.39 Å². The van der Waals surface area contributed by atoms with Crippen LogP contribution in [0.3, 0.4) is 0 Å². The lowest BCUT2D eigenvalue weighted by Gasteiger charge is -2.12. The molecule has 0 saturated carbocycles. The van der Waals surface area contributed by atoms with E-state index in [1.54, 1.807) is 6.07 Å². The molecule has 1 unspecified atom stereocenters. The first-order chi connectivity index (χ1) is 8.58. The zero-order valence-electron chi connectivity index (χ0n) is 10.2. The topological polar surface area (TPSA) is 26.0 Å². The normalized spacial score (nSPS) is 12.4. The largest absolute Gasteiger partial charge is 0.328 e. The Kier molecular flexibility index (Phi) is 4.00. The van der Waals surface area contributed by atoms with Crippen LogP contribution >= 0.6 is 11.6 Å². The second kappa shape index (κ2) is 5.51. The minimum Gasteiger partial charge on any atom is -0.328 e. The van der Waals surface area contributed by atoms with E-state index in [4.69, 9.17) is 17.3 Å². The monoisotopic (exact) mass is 263 g/mol. The Morgan fingerprint density at radius 1 is 1.22 bits per heavy atom. The van der Waals surface area contributed by atoms with E-state index >= 15 is 0 Å². The van der Waals surface area contributed by atoms with E-state index in [1.165, 1.54) is 6.07 Å². The van der Waals surface area contributed by atoms with Gasteiger partial charge in [-0.05, 0) is 42.2 Å². The van der Waals surface area contributed by atoms with Gasteiger partial charge in [-0.2, -0.15) is 0 Å². The molecular weight excluding hydrogens is 249 g/mol. The lowest BCUT2D eigenvalue weighted by Crippen LogP contribution is -2.18. The van der Waals surface area contributed by atoms with Crippen molar-refractivity contribution in [2.24, 2.45) is 5.73 Å². The first-order valence-electron chi connectivity index (χ1n) is 5.87. The molecule has 18 heavy (non-hydrogen) atoms. The molecular formula is C15H15ClFN. The number of hydrogen-bond donors (Lipinski definition) is 1. The van der Waals surface area contributed by atoms with E-state index in [-0.39, 0.29) is 11.1 Å². The average molecular weight is 264 g/mol. The van der Waals surface area contributed by atoms with Crippen molar-refractivity contribution in [3.8, 4) is 11.1 Å². The van der Waals surface area contributed by atoms with Crippen LogP contribution in [0, 0.1) is 5.82 Å². The van der Waals surface area contributed by atoms with Crippen LogP contribution < -0.4 is 5.73 Å². The molecule has 0 aliphatic heterocycles. The van der Waals surface area contributed by atoms with Gasteiger partial charge >= 0.3 is 0 Å². The fourth-order valence-electron chi connectivity index (χ4n) is 1.99. The highest BCUT2D eigenvalue weighted by molar-refractivity contribution is 6.30. The minimum atomic E-state index is -0.398. The zero-order valence-corrected chi connectivity index (χ0v) is 10.9. The number of rotatable bonds is 3. The van der Waals surface area contributed by atoms with Crippen LogP contribution in [0.2, 0.25) is 5.02 Å². The van der Waals surface area contributed by atoms with Crippen molar-refractivity contribution < 1.29 is 4.39 Å². The quantitative estimate of drug-likeness (QED) is 0.889. The highest BCUT2D eigenvalue weighted by Gasteiger charge is 2.08. The number of benzene rings is 2. The summed E-state index contributed by atoms with van der Waals surface area (Å²) in [6.45, 7) is 1.96. The molecule has 0 aliphatic rings. The molecule has 1 nitrogen and oxygen atoms in total. The van der Waals surface area contributed by atoms with Crippen molar-refractivity contribution in [3.05, 3.63) is 58.9 Å². The maximum Gasteiger partial charge on any atom is 0.142 e. The van der Waals surface area contributed by atoms with Crippen LogP contribution in [0.1, 0.15) is 12.5 Å². The van der Waals surface area contributed by atoms with Crippen molar-refractivity contribution in [1.82, 2.24) is 0 Å². The second-order valence-corrected chi connectivity index (χ2v) is 4.87. The molecule has 0 amide bonds. The van der Waals surface area contributed by atoms with Crippen LogP contribution in [0.25, 0.3) is 11.1 Å². The van der Waals surface area contributed by atoms with Crippen molar-refractivity contribution in [3.63, 3.8) is 0 Å². The zero-order chi connectivity index (χ0) is 13.1. The van der Waals surface area contributed by atoms with E-state index in [9.17, 15) is 4.39 Å². The fraction of sp³-hybridized carbons (Fsp3) is 0.200. The van der Waals surface area contributed by atoms with E-state index < -0.39 is 5.82 Å². The van der Waals surface area contributed by atoms with Gasteiger partial charge in [0.15, 0.2) is 0 Å².